The molecule has 25 heavy (non-hydrogen) atoms. The van der Waals surface area contributed by atoms with E-state index < -0.39 is 5.92 Å². The van der Waals surface area contributed by atoms with Crippen molar-refractivity contribution in [3.8, 4) is 6.07 Å². The second-order valence-corrected chi connectivity index (χ2v) is 6.21. The minimum atomic E-state index is -2.94. The average Bonchev–Trinajstić information content (AvgIpc) is 2.60. The van der Waals surface area contributed by atoms with Crippen molar-refractivity contribution in [2.75, 3.05) is 7.05 Å². The van der Waals surface area contributed by atoms with Crippen molar-refractivity contribution in [3.05, 3.63) is 64.4 Å². The summed E-state index contributed by atoms with van der Waals surface area (Å²) in [7, 11) is 1.81. The van der Waals surface area contributed by atoms with Crippen molar-refractivity contribution in [2.45, 2.75) is 46.0 Å². The van der Waals surface area contributed by atoms with Crippen LogP contribution in [0.2, 0.25) is 0 Å². The van der Waals surface area contributed by atoms with E-state index in [1.54, 1.807) is 24.1 Å². The Morgan fingerprint density at radius 2 is 2.00 bits per heavy atom. The number of nitriles is 1. The normalized spacial score (nSPS) is 15.6. The van der Waals surface area contributed by atoms with Gasteiger partial charge in [0.25, 0.3) is 5.92 Å². The van der Waals surface area contributed by atoms with E-state index in [4.69, 9.17) is 5.26 Å². The van der Waals surface area contributed by atoms with Crippen molar-refractivity contribution in [2.24, 2.45) is 0 Å². The molecule has 0 unspecified atom stereocenters. The second kappa shape index (κ2) is 7.65. The third-order valence-corrected chi connectivity index (χ3v) is 4.54. The quantitative estimate of drug-likeness (QED) is 0.644. The van der Waals surface area contributed by atoms with E-state index in [0.717, 1.165) is 34.9 Å². The number of rotatable bonds is 5. The SMILES string of the molecule is C/C=C/C(F)(F)C1=CN(C)C(c2ccc(C#N)cc2CC)=C(CC)C1. The van der Waals surface area contributed by atoms with Gasteiger partial charge in [0.1, 0.15) is 0 Å². The van der Waals surface area contributed by atoms with Crippen LogP contribution in [0.3, 0.4) is 0 Å². The molecule has 0 atom stereocenters. The second-order valence-electron chi connectivity index (χ2n) is 6.21. The Hall–Kier alpha value is -2.41. The third kappa shape index (κ3) is 3.82. The number of hydrogen-bond acceptors (Lipinski definition) is 2. The van der Waals surface area contributed by atoms with Crippen LogP contribution in [-0.4, -0.2) is 17.9 Å². The van der Waals surface area contributed by atoms with Crippen LogP contribution in [0, 0.1) is 11.3 Å². The van der Waals surface area contributed by atoms with Gasteiger partial charge in [0.15, 0.2) is 0 Å². The predicted molar refractivity (Wildman–Crippen MR) is 98.0 cm³/mol. The van der Waals surface area contributed by atoms with Gasteiger partial charge in [0.05, 0.1) is 11.6 Å². The zero-order valence-electron chi connectivity index (χ0n) is 15.2. The molecular weight excluding hydrogens is 318 g/mol. The molecule has 0 saturated carbocycles. The first kappa shape index (κ1) is 18.9. The molecule has 1 aliphatic heterocycles. The van der Waals surface area contributed by atoms with E-state index in [-0.39, 0.29) is 12.0 Å². The molecule has 0 amide bonds. The highest BCUT2D eigenvalue weighted by atomic mass is 19.3. The highest BCUT2D eigenvalue weighted by Crippen LogP contribution is 2.40. The van der Waals surface area contributed by atoms with Crippen LogP contribution in [-0.2, 0) is 6.42 Å². The molecule has 0 spiro atoms. The molecule has 0 aliphatic carbocycles. The number of alkyl halides is 2. The molecule has 1 heterocycles. The number of benzene rings is 1. The molecule has 0 bridgehead atoms. The van der Waals surface area contributed by atoms with Gasteiger partial charge in [-0.05, 0) is 55.5 Å². The first-order valence-corrected chi connectivity index (χ1v) is 8.59. The van der Waals surface area contributed by atoms with Crippen molar-refractivity contribution in [1.82, 2.24) is 4.90 Å². The lowest BCUT2D eigenvalue weighted by Gasteiger charge is -2.32. The molecule has 1 aliphatic rings. The fraction of sp³-hybridized carbons (Fsp3) is 0.381. The van der Waals surface area contributed by atoms with E-state index in [0.29, 0.717) is 12.0 Å². The standard InChI is InChI=1S/C21H24F2N2/c1-5-10-21(22,23)18-12-17(7-3)20(25(4)14-18)19-9-8-15(13-24)11-16(19)6-2/h5,8-11,14H,6-7,12H2,1-4H3/b10-5+. The van der Waals surface area contributed by atoms with E-state index >= 15 is 0 Å². The molecule has 0 fully saturated rings. The molecule has 0 radical (unpaired) electrons. The highest BCUT2D eigenvalue weighted by molar-refractivity contribution is 5.73. The molecule has 0 aromatic heterocycles. The molecule has 2 nitrogen and oxygen atoms in total. The van der Waals surface area contributed by atoms with Gasteiger partial charge < -0.3 is 4.90 Å². The van der Waals surface area contributed by atoms with Gasteiger partial charge in [-0.1, -0.05) is 26.0 Å². The average molecular weight is 342 g/mol. The fourth-order valence-corrected chi connectivity index (χ4v) is 3.29. The fourth-order valence-electron chi connectivity index (χ4n) is 3.29. The van der Waals surface area contributed by atoms with E-state index in [2.05, 4.69) is 6.07 Å². The largest absolute Gasteiger partial charge is 0.350 e. The van der Waals surface area contributed by atoms with Crippen LogP contribution in [0.15, 0.2) is 47.7 Å². The Morgan fingerprint density at radius 3 is 2.56 bits per heavy atom. The predicted octanol–water partition coefficient (Wildman–Crippen LogP) is 5.67. The molecule has 1 aromatic rings. The van der Waals surface area contributed by atoms with Gasteiger partial charge in [0, 0.05) is 30.1 Å². The summed E-state index contributed by atoms with van der Waals surface area (Å²) in [6, 6.07) is 7.77. The lowest BCUT2D eigenvalue weighted by molar-refractivity contribution is 0.0919. The first-order valence-electron chi connectivity index (χ1n) is 8.59. The third-order valence-electron chi connectivity index (χ3n) is 4.54. The summed E-state index contributed by atoms with van der Waals surface area (Å²) in [4.78, 5) is 1.80. The molecule has 4 heteroatoms. The van der Waals surface area contributed by atoms with Crippen molar-refractivity contribution in [3.63, 3.8) is 0 Å². The smallest absolute Gasteiger partial charge is 0.289 e. The van der Waals surface area contributed by atoms with Crippen LogP contribution in [0.1, 0.15) is 50.3 Å². The van der Waals surface area contributed by atoms with Gasteiger partial charge in [0.2, 0.25) is 0 Å². The van der Waals surface area contributed by atoms with Crippen LogP contribution in [0.5, 0.6) is 0 Å². The van der Waals surface area contributed by atoms with Gasteiger partial charge in [-0.2, -0.15) is 14.0 Å². The Morgan fingerprint density at radius 1 is 1.28 bits per heavy atom. The lowest BCUT2D eigenvalue weighted by atomic mass is 9.89. The number of hydrogen-bond donors (Lipinski definition) is 0. The maximum absolute atomic E-state index is 14.3. The monoisotopic (exact) mass is 342 g/mol. The Bertz CT molecular complexity index is 780. The summed E-state index contributed by atoms with van der Waals surface area (Å²) < 4.78 is 28.7. The minimum absolute atomic E-state index is 0.111. The number of allylic oxidation sites excluding steroid dienone is 4. The summed E-state index contributed by atoms with van der Waals surface area (Å²) in [6.07, 6.45) is 5.63. The topological polar surface area (TPSA) is 27.0 Å². The summed E-state index contributed by atoms with van der Waals surface area (Å²) in [5.74, 6) is -2.94. The van der Waals surface area contributed by atoms with Gasteiger partial charge in [-0.15, -0.1) is 0 Å². The zero-order valence-corrected chi connectivity index (χ0v) is 15.2. The molecular formula is C21H24F2N2. The van der Waals surface area contributed by atoms with Crippen LogP contribution in [0.25, 0.3) is 5.70 Å². The maximum atomic E-state index is 14.3. The molecule has 1 aromatic carbocycles. The van der Waals surface area contributed by atoms with Crippen LogP contribution >= 0.6 is 0 Å². The van der Waals surface area contributed by atoms with Gasteiger partial charge in [-0.25, -0.2) is 0 Å². The van der Waals surface area contributed by atoms with Crippen LogP contribution in [0.4, 0.5) is 8.78 Å². The summed E-state index contributed by atoms with van der Waals surface area (Å²) >= 11 is 0. The summed E-state index contributed by atoms with van der Waals surface area (Å²) in [5, 5.41) is 9.11. The first-order chi connectivity index (χ1) is 11.9. The van der Waals surface area contributed by atoms with E-state index in [1.807, 2.05) is 33.0 Å². The van der Waals surface area contributed by atoms with Crippen molar-refractivity contribution >= 4 is 5.70 Å². The number of nitrogens with zero attached hydrogens (tertiary/aromatic N) is 2. The Kier molecular flexibility index (Phi) is 5.79. The summed E-state index contributed by atoms with van der Waals surface area (Å²) in [6.45, 7) is 5.64. The zero-order chi connectivity index (χ0) is 18.6. The minimum Gasteiger partial charge on any atom is -0.350 e. The highest BCUT2D eigenvalue weighted by Gasteiger charge is 2.34. The Balaban J connectivity index is 2.53. The molecule has 0 N–H and O–H groups in total. The maximum Gasteiger partial charge on any atom is 0.289 e. The lowest BCUT2D eigenvalue weighted by Crippen LogP contribution is -2.25. The number of halogens is 2. The van der Waals surface area contributed by atoms with Gasteiger partial charge >= 0.3 is 0 Å². The van der Waals surface area contributed by atoms with E-state index in [1.165, 1.54) is 6.08 Å². The van der Waals surface area contributed by atoms with Crippen molar-refractivity contribution in [1.29, 1.82) is 5.26 Å². The van der Waals surface area contributed by atoms with E-state index in [9.17, 15) is 8.78 Å². The number of aryl methyl sites for hydroxylation is 1. The van der Waals surface area contributed by atoms with Crippen molar-refractivity contribution < 1.29 is 8.78 Å². The van der Waals surface area contributed by atoms with Crippen LogP contribution < -0.4 is 0 Å². The Labute approximate surface area is 148 Å². The summed E-state index contributed by atoms with van der Waals surface area (Å²) in [5.41, 5.74) is 4.77. The van der Waals surface area contributed by atoms with Gasteiger partial charge in [-0.3, -0.25) is 0 Å². The molecule has 0 saturated heterocycles. The molecule has 2 rings (SSSR count). The molecule has 132 valence electrons.